The Hall–Kier alpha value is -2.83. The lowest BCUT2D eigenvalue weighted by Crippen LogP contribution is -2.24. The maximum atomic E-state index is 5.90. The highest BCUT2D eigenvalue weighted by Crippen LogP contribution is 2.40. The third-order valence-electron chi connectivity index (χ3n) is 4.24. The minimum atomic E-state index is 0.0832. The van der Waals surface area contributed by atoms with Crippen molar-refractivity contribution in [2.24, 2.45) is 0 Å². The number of methoxy groups -OCH3 is 1. The van der Waals surface area contributed by atoms with Gasteiger partial charge >= 0.3 is 0 Å². The average molecular weight is 339 g/mol. The molecule has 0 radical (unpaired) electrons. The van der Waals surface area contributed by atoms with E-state index in [0.717, 1.165) is 28.5 Å². The number of ether oxygens (including phenoxy) is 2. The van der Waals surface area contributed by atoms with Crippen LogP contribution in [0.2, 0.25) is 0 Å². The summed E-state index contributed by atoms with van der Waals surface area (Å²) in [6, 6.07) is 9.81. The zero-order valence-electron chi connectivity index (χ0n) is 14.3. The Morgan fingerprint density at radius 2 is 2.08 bits per heavy atom. The Balaban J connectivity index is 1.48. The molecule has 1 fully saturated rings. The van der Waals surface area contributed by atoms with E-state index in [0.29, 0.717) is 12.5 Å². The molecule has 2 aromatic heterocycles. The van der Waals surface area contributed by atoms with Gasteiger partial charge in [0.15, 0.2) is 11.5 Å². The number of fused-ring (bicyclic) bond motifs is 1. The van der Waals surface area contributed by atoms with Gasteiger partial charge in [-0.25, -0.2) is 0 Å². The van der Waals surface area contributed by atoms with Gasteiger partial charge in [-0.3, -0.25) is 0 Å². The molecule has 25 heavy (non-hydrogen) atoms. The fourth-order valence-electron chi connectivity index (χ4n) is 2.79. The number of rotatable bonds is 7. The zero-order chi connectivity index (χ0) is 17.2. The van der Waals surface area contributed by atoms with Crippen molar-refractivity contribution >= 4 is 11.3 Å². The third kappa shape index (κ3) is 3.35. The lowest BCUT2D eigenvalue weighted by atomic mass is 10.2. The average Bonchev–Trinajstić information content (AvgIpc) is 3.37. The predicted octanol–water partition coefficient (Wildman–Crippen LogP) is 2.89. The molecule has 1 aliphatic rings. The largest absolute Gasteiger partial charge is 0.493 e. The van der Waals surface area contributed by atoms with Crippen LogP contribution in [0.4, 0.5) is 5.69 Å². The number of para-hydroxylation sites is 2. The van der Waals surface area contributed by atoms with Gasteiger partial charge in [-0.2, -0.15) is 9.61 Å². The summed E-state index contributed by atoms with van der Waals surface area (Å²) in [5, 5.41) is 16.2. The van der Waals surface area contributed by atoms with E-state index in [9.17, 15) is 0 Å². The minimum Gasteiger partial charge on any atom is -0.493 e. The molecular weight excluding hydrogens is 318 g/mol. The second-order valence-corrected chi connectivity index (χ2v) is 6.36. The zero-order valence-corrected chi connectivity index (χ0v) is 14.3. The fraction of sp³-hybridized carbons (Fsp3) is 0.389. The fourth-order valence-corrected chi connectivity index (χ4v) is 2.79. The van der Waals surface area contributed by atoms with Crippen molar-refractivity contribution in [3.8, 4) is 11.5 Å². The number of hydrogen-bond donors (Lipinski definition) is 1. The van der Waals surface area contributed by atoms with E-state index in [1.807, 2.05) is 24.3 Å². The molecule has 1 unspecified atom stereocenters. The first kappa shape index (κ1) is 15.7. The van der Waals surface area contributed by atoms with Gasteiger partial charge in [0.1, 0.15) is 12.9 Å². The highest BCUT2D eigenvalue weighted by molar-refractivity contribution is 5.67. The molecule has 0 saturated heterocycles. The van der Waals surface area contributed by atoms with E-state index in [2.05, 4.69) is 33.6 Å². The molecule has 1 aliphatic carbocycles. The SMILES string of the molecule is COc1ccccc1OCC(C)Nc1cc(C2CC2)nn2cnnc12. The van der Waals surface area contributed by atoms with E-state index in [1.54, 1.807) is 18.0 Å². The van der Waals surface area contributed by atoms with Gasteiger partial charge in [-0.05, 0) is 38.0 Å². The molecule has 0 spiro atoms. The second-order valence-electron chi connectivity index (χ2n) is 6.36. The molecule has 0 bridgehead atoms. The highest BCUT2D eigenvalue weighted by Gasteiger charge is 2.26. The Morgan fingerprint density at radius 3 is 2.84 bits per heavy atom. The normalized spacial score (nSPS) is 15.1. The van der Waals surface area contributed by atoms with Gasteiger partial charge < -0.3 is 14.8 Å². The molecule has 7 heteroatoms. The van der Waals surface area contributed by atoms with Gasteiger partial charge in [0.05, 0.1) is 24.5 Å². The summed E-state index contributed by atoms with van der Waals surface area (Å²) in [5.74, 6) is 2.03. The van der Waals surface area contributed by atoms with Crippen LogP contribution >= 0.6 is 0 Å². The summed E-state index contributed by atoms with van der Waals surface area (Å²) < 4.78 is 13.0. The summed E-state index contributed by atoms with van der Waals surface area (Å²) in [6.45, 7) is 2.57. The third-order valence-corrected chi connectivity index (χ3v) is 4.24. The first-order valence-electron chi connectivity index (χ1n) is 8.48. The van der Waals surface area contributed by atoms with Gasteiger partial charge in [0.25, 0.3) is 0 Å². The van der Waals surface area contributed by atoms with Crippen molar-refractivity contribution in [3.05, 3.63) is 42.4 Å². The minimum absolute atomic E-state index is 0.0832. The van der Waals surface area contributed by atoms with Gasteiger partial charge in [-0.15, -0.1) is 10.2 Å². The number of hydrogen-bond acceptors (Lipinski definition) is 6. The van der Waals surface area contributed by atoms with Gasteiger partial charge in [-0.1, -0.05) is 12.1 Å². The van der Waals surface area contributed by atoms with Crippen LogP contribution in [0, 0.1) is 0 Å². The maximum absolute atomic E-state index is 5.90. The van der Waals surface area contributed by atoms with Crippen molar-refractivity contribution in [1.82, 2.24) is 19.8 Å². The molecule has 1 atom stereocenters. The summed E-state index contributed by atoms with van der Waals surface area (Å²) >= 11 is 0. The van der Waals surface area contributed by atoms with E-state index < -0.39 is 0 Å². The van der Waals surface area contributed by atoms with Crippen LogP contribution in [0.1, 0.15) is 31.4 Å². The molecular formula is C18H21N5O2. The number of benzene rings is 1. The number of anilines is 1. The predicted molar refractivity (Wildman–Crippen MR) is 94.3 cm³/mol. The first-order chi connectivity index (χ1) is 12.2. The Morgan fingerprint density at radius 1 is 1.28 bits per heavy atom. The van der Waals surface area contributed by atoms with Crippen LogP contribution in [0.25, 0.3) is 5.65 Å². The van der Waals surface area contributed by atoms with Gasteiger partial charge in [0, 0.05) is 5.92 Å². The molecule has 7 nitrogen and oxygen atoms in total. The monoisotopic (exact) mass is 339 g/mol. The first-order valence-corrected chi connectivity index (χ1v) is 8.48. The quantitative estimate of drug-likeness (QED) is 0.713. The van der Waals surface area contributed by atoms with Crippen molar-refractivity contribution in [1.29, 1.82) is 0 Å². The van der Waals surface area contributed by atoms with E-state index in [1.165, 1.54) is 12.8 Å². The standard InChI is InChI=1S/C18H21N5O2/c1-12(10-25-17-6-4-3-5-16(17)24-2)20-15-9-14(13-7-8-13)22-23-11-19-21-18(15)23/h3-6,9,11-13,20H,7-8,10H2,1-2H3. The van der Waals surface area contributed by atoms with E-state index in [4.69, 9.17) is 9.47 Å². The van der Waals surface area contributed by atoms with Crippen molar-refractivity contribution in [2.45, 2.75) is 31.7 Å². The molecule has 0 aliphatic heterocycles. The molecule has 4 rings (SSSR count). The maximum Gasteiger partial charge on any atom is 0.200 e. The summed E-state index contributed by atoms with van der Waals surface area (Å²) in [5.41, 5.74) is 2.76. The highest BCUT2D eigenvalue weighted by atomic mass is 16.5. The molecule has 2 heterocycles. The van der Waals surface area contributed by atoms with Crippen LogP contribution in [-0.4, -0.2) is 39.6 Å². The molecule has 3 aromatic rings. The van der Waals surface area contributed by atoms with Crippen LogP contribution in [0.3, 0.4) is 0 Å². The summed E-state index contributed by atoms with van der Waals surface area (Å²) in [6.07, 6.45) is 4.04. The van der Waals surface area contributed by atoms with Crippen molar-refractivity contribution < 1.29 is 9.47 Å². The topological polar surface area (TPSA) is 73.6 Å². The van der Waals surface area contributed by atoms with Crippen LogP contribution < -0.4 is 14.8 Å². The Labute approximate surface area is 146 Å². The number of aromatic nitrogens is 4. The number of nitrogens with one attached hydrogen (secondary N) is 1. The van der Waals surface area contributed by atoms with E-state index >= 15 is 0 Å². The molecule has 0 amide bonds. The van der Waals surface area contributed by atoms with Crippen molar-refractivity contribution in [3.63, 3.8) is 0 Å². The molecule has 1 aromatic carbocycles. The number of nitrogens with zero attached hydrogens (tertiary/aromatic N) is 4. The smallest absolute Gasteiger partial charge is 0.200 e. The second kappa shape index (κ2) is 6.58. The van der Waals surface area contributed by atoms with Crippen molar-refractivity contribution in [2.75, 3.05) is 19.0 Å². The molecule has 1 N–H and O–H groups in total. The molecule has 1 saturated carbocycles. The summed E-state index contributed by atoms with van der Waals surface area (Å²) in [7, 11) is 1.64. The van der Waals surface area contributed by atoms with Crippen LogP contribution in [-0.2, 0) is 0 Å². The Bertz CT molecular complexity index is 875. The molecule has 130 valence electrons. The van der Waals surface area contributed by atoms with Crippen LogP contribution in [0.15, 0.2) is 36.7 Å². The Kier molecular flexibility index (Phi) is 4.13. The summed E-state index contributed by atoms with van der Waals surface area (Å²) in [4.78, 5) is 0. The van der Waals surface area contributed by atoms with E-state index in [-0.39, 0.29) is 6.04 Å². The van der Waals surface area contributed by atoms with Crippen LogP contribution in [0.5, 0.6) is 11.5 Å². The van der Waals surface area contributed by atoms with Gasteiger partial charge in [0.2, 0.25) is 5.65 Å². The lowest BCUT2D eigenvalue weighted by Gasteiger charge is -2.18. The lowest BCUT2D eigenvalue weighted by molar-refractivity contribution is 0.284.